The molecule has 1 aliphatic heterocycles. The van der Waals surface area contributed by atoms with Gasteiger partial charge in [-0.05, 0) is 36.4 Å². The summed E-state index contributed by atoms with van der Waals surface area (Å²) in [5, 5.41) is 5.25. The molecule has 8 nitrogen and oxygen atoms in total. The molecule has 3 amide bonds. The molecule has 3 aromatic rings. The highest BCUT2D eigenvalue weighted by atomic mass is 35.5. The average molecular weight is 505 g/mol. The van der Waals surface area contributed by atoms with Crippen molar-refractivity contribution >= 4 is 58.1 Å². The lowest BCUT2D eigenvalue weighted by atomic mass is 10.2. The fourth-order valence-corrected chi connectivity index (χ4v) is 5.05. The summed E-state index contributed by atoms with van der Waals surface area (Å²) in [6.45, 7) is 1.88. The molecule has 1 aliphatic rings. The van der Waals surface area contributed by atoms with Crippen molar-refractivity contribution in [3.05, 3.63) is 64.5 Å². The number of nitrogens with zero attached hydrogens (tertiary/aromatic N) is 3. The number of piperazine rings is 1. The lowest BCUT2D eigenvalue weighted by Crippen LogP contribution is -2.50. The molecule has 1 saturated heterocycles. The Balaban J connectivity index is 1.20. The summed E-state index contributed by atoms with van der Waals surface area (Å²) in [4.78, 5) is 45.0. The van der Waals surface area contributed by atoms with E-state index in [4.69, 9.17) is 16.0 Å². The second-order valence-corrected chi connectivity index (χ2v) is 9.79. The number of aromatic nitrogens is 1. The van der Waals surface area contributed by atoms with Crippen LogP contribution in [0, 0.1) is 0 Å². The molecule has 0 atom stereocenters. The minimum atomic E-state index is -0.159. The minimum absolute atomic E-state index is 0.0255. The number of nitrogens with one attached hydrogen (secondary N) is 1. The Bertz CT molecular complexity index is 1110. The van der Waals surface area contributed by atoms with Crippen LogP contribution in [0.5, 0.6) is 0 Å². The van der Waals surface area contributed by atoms with Crippen molar-refractivity contribution < 1.29 is 18.8 Å². The predicted molar refractivity (Wildman–Crippen MR) is 128 cm³/mol. The molecule has 33 heavy (non-hydrogen) atoms. The third-order valence-corrected chi connectivity index (χ3v) is 7.29. The first-order chi connectivity index (χ1) is 16.0. The first kappa shape index (κ1) is 23.3. The van der Waals surface area contributed by atoms with Crippen LogP contribution in [-0.2, 0) is 16.0 Å². The highest BCUT2D eigenvalue weighted by Gasteiger charge is 2.26. The summed E-state index contributed by atoms with van der Waals surface area (Å²) < 4.78 is 5.90. The second kappa shape index (κ2) is 10.9. The number of thioether (sulfide) groups is 1. The largest absolute Gasteiger partial charge is 0.459 e. The fraction of sp³-hybridized carbons (Fsp3) is 0.273. The lowest BCUT2D eigenvalue weighted by molar-refractivity contribution is -0.132. The standard InChI is InChI=1S/C22H21ClN4O4S2/c23-15-3-5-16(6-4-15)24-19(28)14-33-22-25-17(13-32-22)12-20(29)26-7-9-27(10-8-26)21(30)18-2-1-11-31-18/h1-6,11,13H,7-10,12,14H2,(H,24,28). The summed E-state index contributed by atoms with van der Waals surface area (Å²) in [5.41, 5.74) is 1.36. The van der Waals surface area contributed by atoms with Crippen LogP contribution in [0.1, 0.15) is 16.2 Å². The van der Waals surface area contributed by atoms with Gasteiger partial charge in [-0.25, -0.2) is 4.98 Å². The monoisotopic (exact) mass is 504 g/mol. The van der Waals surface area contributed by atoms with Crippen LogP contribution in [0.2, 0.25) is 5.02 Å². The normalized spacial score (nSPS) is 13.7. The van der Waals surface area contributed by atoms with Gasteiger partial charge in [0.25, 0.3) is 5.91 Å². The number of carbonyl (C=O) groups excluding carboxylic acids is 3. The molecule has 172 valence electrons. The highest BCUT2D eigenvalue weighted by Crippen LogP contribution is 2.24. The number of benzene rings is 1. The van der Waals surface area contributed by atoms with Crippen molar-refractivity contribution in [2.45, 2.75) is 10.8 Å². The molecule has 1 fully saturated rings. The molecule has 2 aromatic heterocycles. The third-order valence-electron chi connectivity index (χ3n) is 4.97. The Morgan fingerprint density at radius 3 is 2.52 bits per heavy atom. The Labute approximate surface area is 203 Å². The molecule has 0 unspecified atom stereocenters. The maximum atomic E-state index is 12.7. The predicted octanol–water partition coefficient (Wildman–Crippen LogP) is 3.65. The number of furan rings is 1. The molecule has 0 radical (unpaired) electrons. The molecule has 1 aromatic carbocycles. The molecule has 0 saturated carbocycles. The number of hydrogen-bond acceptors (Lipinski definition) is 7. The Morgan fingerprint density at radius 2 is 1.82 bits per heavy atom. The number of rotatable bonds is 7. The van der Waals surface area contributed by atoms with Crippen molar-refractivity contribution in [3.8, 4) is 0 Å². The summed E-state index contributed by atoms with van der Waals surface area (Å²) in [5.74, 6) is 0.201. The lowest BCUT2D eigenvalue weighted by Gasteiger charge is -2.34. The van der Waals surface area contributed by atoms with Gasteiger partial charge in [0, 0.05) is 42.3 Å². The summed E-state index contributed by atoms with van der Waals surface area (Å²) in [6.07, 6.45) is 1.67. The van der Waals surface area contributed by atoms with E-state index in [1.807, 2.05) is 5.38 Å². The van der Waals surface area contributed by atoms with Gasteiger partial charge in [0.05, 0.1) is 24.1 Å². The van der Waals surface area contributed by atoms with Crippen molar-refractivity contribution in [2.75, 3.05) is 37.2 Å². The van der Waals surface area contributed by atoms with E-state index < -0.39 is 0 Å². The van der Waals surface area contributed by atoms with Crippen molar-refractivity contribution in [1.82, 2.24) is 14.8 Å². The Morgan fingerprint density at radius 1 is 1.09 bits per heavy atom. The van der Waals surface area contributed by atoms with Crippen LogP contribution < -0.4 is 5.32 Å². The third kappa shape index (κ3) is 6.37. The SMILES string of the molecule is O=C(CSc1nc(CC(=O)N2CCN(C(=O)c3ccco3)CC2)cs1)Nc1ccc(Cl)cc1. The van der Waals surface area contributed by atoms with Gasteiger partial charge in [-0.15, -0.1) is 11.3 Å². The van der Waals surface area contributed by atoms with Gasteiger partial charge in [-0.3, -0.25) is 14.4 Å². The van der Waals surface area contributed by atoms with Crippen molar-refractivity contribution in [2.24, 2.45) is 0 Å². The molecule has 0 aliphatic carbocycles. The van der Waals surface area contributed by atoms with E-state index in [-0.39, 0.29) is 29.9 Å². The number of anilines is 1. The smallest absolute Gasteiger partial charge is 0.289 e. The van der Waals surface area contributed by atoms with Crippen LogP contribution in [0.4, 0.5) is 5.69 Å². The zero-order valence-electron chi connectivity index (χ0n) is 17.5. The van der Waals surface area contributed by atoms with Gasteiger partial charge in [0.1, 0.15) is 0 Å². The number of halogens is 1. The maximum Gasteiger partial charge on any atom is 0.289 e. The van der Waals surface area contributed by atoms with Gasteiger partial charge < -0.3 is 19.5 Å². The molecule has 1 N–H and O–H groups in total. The highest BCUT2D eigenvalue weighted by molar-refractivity contribution is 8.01. The van der Waals surface area contributed by atoms with Crippen LogP contribution in [0.15, 0.2) is 56.8 Å². The number of hydrogen-bond donors (Lipinski definition) is 1. The van der Waals surface area contributed by atoms with E-state index in [1.165, 1.54) is 29.4 Å². The van der Waals surface area contributed by atoms with E-state index in [0.29, 0.717) is 48.3 Å². The average Bonchev–Trinajstić information content (AvgIpc) is 3.51. The van der Waals surface area contributed by atoms with Gasteiger partial charge >= 0.3 is 0 Å². The van der Waals surface area contributed by atoms with E-state index in [0.717, 1.165) is 4.34 Å². The summed E-state index contributed by atoms with van der Waals surface area (Å²) >= 11 is 8.59. The van der Waals surface area contributed by atoms with E-state index >= 15 is 0 Å². The number of thiazole rings is 1. The first-order valence-electron chi connectivity index (χ1n) is 10.2. The first-order valence-corrected chi connectivity index (χ1v) is 12.5. The van der Waals surface area contributed by atoms with Crippen LogP contribution in [-0.4, -0.2) is 64.4 Å². The maximum absolute atomic E-state index is 12.7. The van der Waals surface area contributed by atoms with Gasteiger partial charge in [-0.1, -0.05) is 23.4 Å². The topological polar surface area (TPSA) is 95.8 Å². The number of amides is 3. The molecule has 3 heterocycles. The van der Waals surface area contributed by atoms with Crippen LogP contribution in [0.3, 0.4) is 0 Å². The Kier molecular flexibility index (Phi) is 7.69. The summed E-state index contributed by atoms with van der Waals surface area (Å²) in [6, 6.07) is 10.2. The van der Waals surface area contributed by atoms with Crippen molar-refractivity contribution in [1.29, 1.82) is 0 Å². The summed E-state index contributed by atoms with van der Waals surface area (Å²) in [7, 11) is 0. The van der Waals surface area contributed by atoms with Crippen LogP contribution >= 0.6 is 34.7 Å². The van der Waals surface area contributed by atoms with E-state index in [9.17, 15) is 14.4 Å². The van der Waals surface area contributed by atoms with Gasteiger partial charge in [0.2, 0.25) is 11.8 Å². The van der Waals surface area contributed by atoms with Gasteiger partial charge in [-0.2, -0.15) is 0 Å². The Hall–Kier alpha value is -2.82. The van der Waals surface area contributed by atoms with Crippen LogP contribution in [0.25, 0.3) is 0 Å². The molecule has 0 spiro atoms. The second-order valence-electron chi connectivity index (χ2n) is 7.28. The van der Waals surface area contributed by atoms with E-state index in [1.54, 1.807) is 46.2 Å². The molecular formula is C22H21ClN4O4S2. The van der Waals surface area contributed by atoms with E-state index in [2.05, 4.69) is 10.3 Å². The zero-order chi connectivity index (χ0) is 23.2. The van der Waals surface area contributed by atoms with Gasteiger partial charge in [0.15, 0.2) is 10.1 Å². The minimum Gasteiger partial charge on any atom is -0.459 e. The van der Waals surface area contributed by atoms with Crippen molar-refractivity contribution in [3.63, 3.8) is 0 Å². The molecule has 4 rings (SSSR count). The molecule has 0 bridgehead atoms. The fourth-order valence-electron chi connectivity index (χ4n) is 3.28. The zero-order valence-corrected chi connectivity index (χ0v) is 19.9. The molecule has 11 heteroatoms. The molecular weight excluding hydrogens is 484 g/mol. The number of carbonyl (C=O) groups is 3. The quantitative estimate of drug-likeness (QED) is 0.493.